The van der Waals surface area contributed by atoms with Crippen molar-refractivity contribution in [3.05, 3.63) is 35.6 Å². The van der Waals surface area contributed by atoms with Gasteiger partial charge in [-0.1, -0.05) is 25.1 Å². The van der Waals surface area contributed by atoms with E-state index in [2.05, 4.69) is 5.32 Å². The van der Waals surface area contributed by atoms with Crippen LogP contribution in [0, 0.1) is 11.7 Å². The first kappa shape index (κ1) is 14.2. The Labute approximate surface area is 105 Å². The van der Waals surface area contributed by atoms with Gasteiger partial charge in [0, 0.05) is 12.5 Å². The minimum absolute atomic E-state index is 0.0930. The molecule has 0 aliphatic rings. The Kier molecular flexibility index (Phi) is 5.30. The van der Waals surface area contributed by atoms with Crippen molar-refractivity contribution in [2.75, 3.05) is 6.54 Å². The lowest BCUT2D eigenvalue weighted by Gasteiger charge is -2.12. The van der Waals surface area contributed by atoms with Crippen molar-refractivity contribution in [2.45, 2.75) is 19.8 Å². The van der Waals surface area contributed by atoms with Crippen LogP contribution in [-0.2, 0) is 16.0 Å². The number of carbonyl (C=O) groups excluding carboxylic acids is 1. The number of carboxylic acid groups (broad SMARTS) is 1. The van der Waals surface area contributed by atoms with E-state index < -0.39 is 11.9 Å². The molecule has 4 nitrogen and oxygen atoms in total. The predicted octanol–water partition coefficient (Wildman–Crippen LogP) is 1.60. The van der Waals surface area contributed by atoms with Crippen LogP contribution in [0.3, 0.4) is 0 Å². The van der Waals surface area contributed by atoms with Gasteiger partial charge in [0.15, 0.2) is 0 Å². The fourth-order valence-electron chi connectivity index (χ4n) is 1.55. The molecule has 0 aliphatic carbocycles. The molecule has 1 rings (SSSR count). The second-order valence-corrected chi connectivity index (χ2v) is 4.13. The van der Waals surface area contributed by atoms with Crippen LogP contribution in [0.15, 0.2) is 24.3 Å². The molecule has 2 N–H and O–H groups in total. The molecule has 0 saturated heterocycles. The smallest absolute Gasteiger partial charge is 0.305 e. The van der Waals surface area contributed by atoms with Gasteiger partial charge < -0.3 is 10.4 Å². The number of benzene rings is 1. The van der Waals surface area contributed by atoms with Gasteiger partial charge in [-0.25, -0.2) is 4.39 Å². The molecule has 5 heteroatoms. The number of hydrogen-bond donors (Lipinski definition) is 2. The molecule has 0 saturated carbocycles. The zero-order chi connectivity index (χ0) is 13.5. The first-order valence-electron chi connectivity index (χ1n) is 5.73. The van der Waals surface area contributed by atoms with Gasteiger partial charge in [0.2, 0.25) is 5.91 Å². The largest absolute Gasteiger partial charge is 0.481 e. The van der Waals surface area contributed by atoms with Crippen LogP contribution >= 0.6 is 0 Å². The monoisotopic (exact) mass is 253 g/mol. The Morgan fingerprint density at radius 1 is 1.39 bits per heavy atom. The minimum Gasteiger partial charge on any atom is -0.481 e. The van der Waals surface area contributed by atoms with Crippen LogP contribution < -0.4 is 5.32 Å². The number of carboxylic acids is 1. The highest BCUT2D eigenvalue weighted by atomic mass is 19.1. The van der Waals surface area contributed by atoms with E-state index in [-0.39, 0.29) is 24.7 Å². The van der Waals surface area contributed by atoms with Crippen LogP contribution in [0.25, 0.3) is 0 Å². The highest BCUT2D eigenvalue weighted by Crippen LogP contribution is 2.12. The zero-order valence-corrected chi connectivity index (χ0v) is 10.1. The van der Waals surface area contributed by atoms with E-state index in [1.807, 2.05) is 0 Å². The fourth-order valence-corrected chi connectivity index (χ4v) is 1.55. The zero-order valence-electron chi connectivity index (χ0n) is 10.1. The van der Waals surface area contributed by atoms with Crippen molar-refractivity contribution < 1.29 is 19.1 Å². The molecular weight excluding hydrogens is 237 g/mol. The fraction of sp³-hybridized carbons (Fsp3) is 0.385. The highest BCUT2D eigenvalue weighted by molar-refractivity contribution is 5.79. The molecule has 1 atom stereocenters. The summed E-state index contributed by atoms with van der Waals surface area (Å²) in [6, 6.07) is 6.30. The van der Waals surface area contributed by atoms with E-state index in [0.717, 1.165) is 0 Å². The van der Waals surface area contributed by atoms with E-state index in [0.29, 0.717) is 12.0 Å². The molecular formula is C13H16FNO3. The van der Waals surface area contributed by atoms with Crippen molar-refractivity contribution >= 4 is 11.9 Å². The number of nitrogens with one attached hydrogen (secondary N) is 1. The second kappa shape index (κ2) is 6.74. The number of carbonyl (C=O) groups is 2. The summed E-state index contributed by atoms with van der Waals surface area (Å²) in [7, 11) is 0. The quantitative estimate of drug-likeness (QED) is 0.809. The summed E-state index contributed by atoms with van der Waals surface area (Å²) in [6.07, 6.45) is 0.184. The molecule has 1 amide bonds. The van der Waals surface area contributed by atoms with Crippen LogP contribution in [-0.4, -0.2) is 23.5 Å². The molecule has 1 aromatic carbocycles. The Morgan fingerprint density at radius 2 is 2.06 bits per heavy atom. The van der Waals surface area contributed by atoms with Crippen molar-refractivity contribution in [1.82, 2.24) is 5.32 Å². The van der Waals surface area contributed by atoms with Gasteiger partial charge in [0.1, 0.15) is 5.82 Å². The Hall–Kier alpha value is -1.91. The molecule has 18 heavy (non-hydrogen) atoms. The summed E-state index contributed by atoms with van der Waals surface area (Å²) in [5.74, 6) is -1.95. The van der Waals surface area contributed by atoms with Gasteiger partial charge in [0.25, 0.3) is 0 Å². The maximum absolute atomic E-state index is 13.4. The number of rotatable bonds is 6. The first-order valence-corrected chi connectivity index (χ1v) is 5.73. The molecule has 0 spiro atoms. The molecule has 0 heterocycles. The Morgan fingerprint density at radius 3 is 2.67 bits per heavy atom. The summed E-state index contributed by atoms with van der Waals surface area (Å²) < 4.78 is 13.4. The summed E-state index contributed by atoms with van der Waals surface area (Å²) in [5.41, 5.74) is 0.485. The third-order valence-electron chi connectivity index (χ3n) is 2.57. The summed E-state index contributed by atoms with van der Waals surface area (Å²) >= 11 is 0. The van der Waals surface area contributed by atoms with E-state index in [1.165, 1.54) is 6.07 Å². The van der Waals surface area contributed by atoms with Crippen molar-refractivity contribution in [1.29, 1.82) is 0 Å². The SMILES string of the molecule is CC(Cc1ccccc1F)C(=O)NCCC(=O)O. The van der Waals surface area contributed by atoms with Gasteiger partial charge in [0.05, 0.1) is 6.42 Å². The molecule has 0 aromatic heterocycles. The van der Waals surface area contributed by atoms with E-state index in [1.54, 1.807) is 25.1 Å². The van der Waals surface area contributed by atoms with Crippen LogP contribution in [0.2, 0.25) is 0 Å². The third kappa shape index (κ3) is 4.53. The molecule has 0 aliphatic heterocycles. The summed E-state index contributed by atoms with van der Waals surface area (Å²) in [4.78, 5) is 21.9. The van der Waals surface area contributed by atoms with Gasteiger partial charge in [-0.15, -0.1) is 0 Å². The normalized spacial score (nSPS) is 11.9. The van der Waals surface area contributed by atoms with E-state index in [4.69, 9.17) is 5.11 Å². The lowest BCUT2D eigenvalue weighted by atomic mass is 10.00. The van der Waals surface area contributed by atoms with Crippen LogP contribution in [0.5, 0.6) is 0 Å². The number of halogens is 1. The maximum Gasteiger partial charge on any atom is 0.305 e. The van der Waals surface area contributed by atoms with Crippen LogP contribution in [0.4, 0.5) is 4.39 Å². The molecule has 0 bridgehead atoms. The topological polar surface area (TPSA) is 66.4 Å². The maximum atomic E-state index is 13.4. The van der Waals surface area contributed by atoms with E-state index >= 15 is 0 Å². The van der Waals surface area contributed by atoms with Crippen molar-refractivity contribution in [3.63, 3.8) is 0 Å². The first-order chi connectivity index (χ1) is 8.50. The molecule has 1 unspecified atom stereocenters. The average Bonchev–Trinajstić information content (AvgIpc) is 2.31. The van der Waals surface area contributed by atoms with Gasteiger partial charge in [-0.05, 0) is 18.1 Å². The molecule has 98 valence electrons. The van der Waals surface area contributed by atoms with Crippen LogP contribution in [0.1, 0.15) is 18.9 Å². The van der Waals surface area contributed by atoms with Gasteiger partial charge >= 0.3 is 5.97 Å². The van der Waals surface area contributed by atoms with Crippen molar-refractivity contribution in [2.24, 2.45) is 5.92 Å². The van der Waals surface area contributed by atoms with E-state index in [9.17, 15) is 14.0 Å². The Balaban J connectivity index is 2.45. The Bertz CT molecular complexity index is 434. The van der Waals surface area contributed by atoms with Gasteiger partial charge in [-0.3, -0.25) is 9.59 Å². The third-order valence-corrected chi connectivity index (χ3v) is 2.57. The summed E-state index contributed by atoms with van der Waals surface area (Å²) in [5, 5.41) is 10.9. The lowest BCUT2D eigenvalue weighted by Crippen LogP contribution is -2.32. The second-order valence-electron chi connectivity index (χ2n) is 4.13. The standard InChI is InChI=1S/C13H16FNO3/c1-9(13(18)15-7-6-12(16)17)8-10-4-2-3-5-11(10)14/h2-5,9H,6-8H2,1H3,(H,15,18)(H,16,17). The number of amides is 1. The number of aliphatic carboxylic acids is 1. The predicted molar refractivity (Wildman–Crippen MR) is 64.5 cm³/mol. The van der Waals surface area contributed by atoms with Crippen molar-refractivity contribution in [3.8, 4) is 0 Å². The number of hydrogen-bond acceptors (Lipinski definition) is 2. The highest BCUT2D eigenvalue weighted by Gasteiger charge is 2.15. The molecule has 1 aromatic rings. The average molecular weight is 253 g/mol. The lowest BCUT2D eigenvalue weighted by molar-refractivity contribution is -0.137. The summed E-state index contributed by atoms with van der Waals surface area (Å²) in [6.45, 7) is 1.78. The molecule has 0 fully saturated rings. The minimum atomic E-state index is -0.961. The molecule has 0 radical (unpaired) electrons. The van der Waals surface area contributed by atoms with Gasteiger partial charge in [-0.2, -0.15) is 0 Å².